The number of aromatic nitrogens is 5. The van der Waals surface area contributed by atoms with Gasteiger partial charge >= 0.3 is 0 Å². The van der Waals surface area contributed by atoms with E-state index in [9.17, 15) is 0 Å². The summed E-state index contributed by atoms with van der Waals surface area (Å²) in [5.41, 5.74) is 3.79. The highest BCUT2D eigenvalue weighted by atomic mass is 16.5. The molecule has 0 N–H and O–H groups in total. The van der Waals surface area contributed by atoms with Crippen molar-refractivity contribution in [3.8, 4) is 22.8 Å². The Bertz CT molecular complexity index is 1060. The molecule has 0 spiro atoms. The van der Waals surface area contributed by atoms with Gasteiger partial charge in [0.05, 0.1) is 22.9 Å². The van der Waals surface area contributed by atoms with Crippen molar-refractivity contribution in [3.05, 3.63) is 49.1 Å². The summed E-state index contributed by atoms with van der Waals surface area (Å²) < 4.78 is 7.62. The van der Waals surface area contributed by atoms with Gasteiger partial charge in [0, 0.05) is 31.0 Å². The third kappa shape index (κ3) is 3.41. The first-order valence-electron chi connectivity index (χ1n) is 9.78. The number of imidazole rings is 1. The van der Waals surface area contributed by atoms with Gasteiger partial charge in [0.1, 0.15) is 0 Å². The summed E-state index contributed by atoms with van der Waals surface area (Å²) in [7, 11) is 0. The molecule has 0 aliphatic carbocycles. The second-order valence-electron chi connectivity index (χ2n) is 7.21. The fourth-order valence-electron chi connectivity index (χ4n) is 3.76. The fraction of sp³-hybridized carbons (Fsp3) is 0.333. The molecule has 1 aromatic carbocycles. The van der Waals surface area contributed by atoms with E-state index in [0.717, 1.165) is 35.2 Å². The van der Waals surface area contributed by atoms with Crippen LogP contribution in [0, 0.1) is 0 Å². The largest absolute Gasteiger partial charge is 0.334 e. The third-order valence-electron chi connectivity index (χ3n) is 5.32. The Hall–Kier alpha value is -3.06. The van der Waals surface area contributed by atoms with Gasteiger partial charge in [-0.15, -0.1) is 0 Å². The number of rotatable bonds is 5. The molecule has 0 unspecified atom stereocenters. The first kappa shape index (κ1) is 17.1. The van der Waals surface area contributed by atoms with E-state index in [1.807, 2.05) is 30.6 Å². The molecule has 1 saturated heterocycles. The van der Waals surface area contributed by atoms with E-state index in [0.29, 0.717) is 11.7 Å². The molecule has 4 heterocycles. The smallest absolute Gasteiger partial charge is 0.259 e. The summed E-state index contributed by atoms with van der Waals surface area (Å²) in [5.74, 6) is 1.03. The Labute approximate surface area is 163 Å². The van der Waals surface area contributed by atoms with E-state index in [1.54, 1.807) is 12.4 Å². The molecule has 7 nitrogen and oxygen atoms in total. The average Bonchev–Trinajstić information content (AvgIpc) is 3.41. The summed E-state index contributed by atoms with van der Waals surface area (Å²) in [6.45, 7) is 4.47. The van der Waals surface area contributed by atoms with Gasteiger partial charge in [-0.3, -0.25) is 4.98 Å². The monoisotopic (exact) mass is 374 g/mol. The van der Waals surface area contributed by atoms with Gasteiger partial charge in [-0.1, -0.05) is 11.6 Å². The minimum absolute atomic E-state index is 0.468. The predicted octanol–water partition coefficient (Wildman–Crippen LogP) is 3.63. The molecule has 0 bridgehead atoms. The van der Waals surface area contributed by atoms with Crippen molar-refractivity contribution < 1.29 is 4.52 Å². The standard InChI is InChI=1S/C21H22N6O/c1-2-9-26(10-3-1)11-12-27-15-23-18-13-16(6-7-19(18)27)20-24-21(28-25-20)17-5-4-8-22-14-17/h4-8,13-15H,1-3,9-12H2. The van der Waals surface area contributed by atoms with Gasteiger partial charge < -0.3 is 14.0 Å². The lowest BCUT2D eigenvalue weighted by atomic mass is 10.1. The summed E-state index contributed by atoms with van der Waals surface area (Å²) in [6, 6.07) is 9.89. The number of fused-ring (bicyclic) bond motifs is 1. The van der Waals surface area contributed by atoms with Crippen molar-refractivity contribution in [2.45, 2.75) is 25.8 Å². The molecule has 0 saturated carbocycles. The topological polar surface area (TPSA) is 72.9 Å². The zero-order valence-corrected chi connectivity index (χ0v) is 15.7. The van der Waals surface area contributed by atoms with Crippen molar-refractivity contribution >= 4 is 11.0 Å². The number of hydrogen-bond acceptors (Lipinski definition) is 6. The van der Waals surface area contributed by atoms with Crippen LogP contribution in [-0.2, 0) is 6.54 Å². The van der Waals surface area contributed by atoms with Gasteiger partial charge in [0.25, 0.3) is 5.89 Å². The molecule has 28 heavy (non-hydrogen) atoms. The van der Waals surface area contributed by atoms with Crippen LogP contribution >= 0.6 is 0 Å². The number of pyridine rings is 1. The summed E-state index contributed by atoms with van der Waals surface area (Å²) in [6.07, 6.45) is 9.36. The summed E-state index contributed by atoms with van der Waals surface area (Å²) in [5, 5.41) is 4.12. The Kier molecular flexibility index (Phi) is 4.58. The van der Waals surface area contributed by atoms with Crippen LogP contribution < -0.4 is 0 Å². The summed E-state index contributed by atoms with van der Waals surface area (Å²) in [4.78, 5) is 15.7. The van der Waals surface area contributed by atoms with Crippen molar-refractivity contribution in [2.75, 3.05) is 19.6 Å². The Morgan fingerprint density at radius 2 is 1.93 bits per heavy atom. The minimum atomic E-state index is 0.468. The molecule has 4 aromatic rings. The number of likely N-dealkylation sites (tertiary alicyclic amines) is 1. The molecule has 5 rings (SSSR count). The van der Waals surface area contributed by atoms with Crippen LogP contribution in [0.2, 0.25) is 0 Å². The third-order valence-corrected chi connectivity index (χ3v) is 5.32. The molecule has 3 aromatic heterocycles. The van der Waals surface area contributed by atoms with Crippen LogP contribution in [-0.4, -0.2) is 49.2 Å². The van der Waals surface area contributed by atoms with E-state index in [-0.39, 0.29) is 0 Å². The quantitative estimate of drug-likeness (QED) is 0.531. The first-order valence-corrected chi connectivity index (χ1v) is 9.78. The van der Waals surface area contributed by atoms with Crippen LogP contribution in [0.5, 0.6) is 0 Å². The van der Waals surface area contributed by atoms with E-state index < -0.39 is 0 Å². The number of benzene rings is 1. The van der Waals surface area contributed by atoms with Gasteiger partial charge in [-0.05, 0) is 56.3 Å². The van der Waals surface area contributed by atoms with E-state index in [2.05, 4.69) is 35.6 Å². The lowest BCUT2D eigenvalue weighted by Crippen LogP contribution is -2.32. The molecule has 1 fully saturated rings. The Morgan fingerprint density at radius 3 is 2.79 bits per heavy atom. The van der Waals surface area contributed by atoms with Crippen LogP contribution in [0.15, 0.2) is 53.6 Å². The number of hydrogen-bond donors (Lipinski definition) is 0. The summed E-state index contributed by atoms with van der Waals surface area (Å²) >= 11 is 0. The molecular weight excluding hydrogens is 352 g/mol. The lowest BCUT2D eigenvalue weighted by Gasteiger charge is -2.26. The highest BCUT2D eigenvalue weighted by Gasteiger charge is 2.14. The molecule has 0 radical (unpaired) electrons. The maximum atomic E-state index is 5.40. The van der Waals surface area contributed by atoms with Crippen molar-refractivity contribution in [3.63, 3.8) is 0 Å². The van der Waals surface area contributed by atoms with Gasteiger partial charge in [-0.2, -0.15) is 4.98 Å². The maximum Gasteiger partial charge on any atom is 0.259 e. The highest BCUT2D eigenvalue weighted by Crippen LogP contribution is 2.24. The van der Waals surface area contributed by atoms with E-state index >= 15 is 0 Å². The van der Waals surface area contributed by atoms with Crippen LogP contribution in [0.3, 0.4) is 0 Å². The average molecular weight is 374 g/mol. The van der Waals surface area contributed by atoms with Crippen molar-refractivity contribution in [2.24, 2.45) is 0 Å². The molecule has 0 atom stereocenters. The fourth-order valence-corrected chi connectivity index (χ4v) is 3.76. The SMILES string of the molecule is c1cncc(-c2nc(-c3ccc4c(c3)ncn4CCN3CCCCC3)no2)c1. The van der Waals surface area contributed by atoms with Crippen molar-refractivity contribution in [1.29, 1.82) is 0 Å². The van der Waals surface area contributed by atoms with Crippen LogP contribution in [0.25, 0.3) is 33.9 Å². The van der Waals surface area contributed by atoms with Gasteiger partial charge in [0.2, 0.25) is 5.82 Å². The zero-order chi connectivity index (χ0) is 18.8. The van der Waals surface area contributed by atoms with Gasteiger partial charge in [0.15, 0.2) is 0 Å². The number of piperidine rings is 1. The second-order valence-corrected chi connectivity index (χ2v) is 7.21. The molecule has 0 amide bonds. The first-order chi connectivity index (χ1) is 13.9. The van der Waals surface area contributed by atoms with Crippen molar-refractivity contribution in [1.82, 2.24) is 29.6 Å². The van der Waals surface area contributed by atoms with E-state index in [1.165, 1.54) is 32.4 Å². The lowest BCUT2D eigenvalue weighted by molar-refractivity contribution is 0.221. The Morgan fingerprint density at radius 1 is 1.00 bits per heavy atom. The molecule has 7 heteroatoms. The minimum Gasteiger partial charge on any atom is -0.334 e. The second kappa shape index (κ2) is 7.52. The highest BCUT2D eigenvalue weighted by molar-refractivity contribution is 5.80. The van der Waals surface area contributed by atoms with E-state index in [4.69, 9.17) is 4.52 Å². The molecular formula is C21H22N6O. The zero-order valence-electron chi connectivity index (χ0n) is 15.7. The van der Waals surface area contributed by atoms with Gasteiger partial charge in [-0.25, -0.2) is 4.98 Å². The Balaban J connectivity index is 1.35. The van der Waals surface area contributed by atoms with Crippen LogP contribution in [0.4, 0.5) is 0 Å². The molecule has 142 valence electrons. The van der Waals surface area contributed by atoms with Crippen LogP contribution in [0.1, 0.15) is 19.3 Å². The molecule has 1 aliphatic rings. The molecule has 1 aliphatic heterocycles. The predicted molar refractivity (Wildman–Crippen MR) is 107 cm³/mol. The normalized spacial score (nSPS) is 15.3. The maximum absolute atomic E-state index is 5.40. The number of nitrogens with zero attached hydrogens (tertiary/aromatic N) is 6.